The molecule has 21 heavy (non-hydrogen) atoms. The van der Waals surface area contributed by atoms with Crippen LogP contribution in [0.15, 0.2) is 35.7 Å². The number of rotatable bonds is 2. The van der Waals surface area contributed by atoms with Gasteiger partial charge in [0, 0.05) is 32.8 Å². The topological polar surface area (TPSA) is 38.8 Å². The van der Waals surface area contributed by atoms with Gasteiger partial charge >= 0.3 is 0 Å². The summed E-state index contributed by atoms with van der Waals surface area (Å²) in [7, 11) is 4.06. The maximum atomic E-state index is 12.1. The van der Waals surface area contributed by atoms with E-state index in [0.29, 0.717) is 24.8 Å². The van der Waals surface area contributed by atoms with Gasteiger partial charge in [-0.2, -0.15) is 0 Å². The number of nitrogens with one attached hydrogen (secondary N) is 1. The Labute approximate surface area is 126 Å². The van der Waals surface area contributed by atoms with Crippen LogP contribution in [0.3, 0.4) is 0 Å². The van der Waals surface area contributed by atoms with Crippen LogP contribution >= 0.6 is 0 Å². The molecule has 3 aliphatic heterocycles. The second-order valence-electron chi connectivity index (χ2n) is 6.41. The molecule has 0 amide bonds. The molecule has 0 radical (unpaired) electrons. The lowest BCUT2D eigenvalue weighted by Gasteiger charge is -2.50. The number of dihydropyridines is 1. The summed E-state index contributed by atoms with van der Waals surface area (Å²) in [5, 5.41) is 7.66. The van der Waals surface area contributed by atoms with Crippen molar-refractivity contribution in [3.8, 4) is 0 Å². The zero-order valence-corrected chi connectivity index (χ0v) is 13.2. The summed E-state index contributed by atoms with van der Waals surface area (Å²) in [5.74, 6) is 0.309. The third kappa shape index (κ3) is 2.40. The number of ketones is 1. The minimum Gasteiger partial charge on any atom is -0.367 e. The highest BCUT2D eigenvalue weighted by atomic mass is 16.1. The van der Waals surface area contributed by atoms with Crippen LogP contribution in [-0.4, -0.2) is 59.6 Å². The Hall–Kier alpha value is -1.59. The van der Waals surface area contributed by atoms with Crippen molar-refractivity contribution in [3.05, 3.63) is 35.7 Å². The number of nitrogens with zero attached hydrogens (tertiary/aromatic N) is 3. The van der Waals surface area contributed by atoms with Crippen molar-refractivity contribution in [2.75, 3.05) is 20.6 Å². The maximum Gasteiger partial charge on any atom is 0.151 e. The average Bonchev–Trinajstić information content (AvgIpc) is 2.44. The number of hydrogen-bond donors (Lipinski definition) is 1. The van der Waals surface area contributed by atoms with Gasteiger partial charge < -0.3 is 5.32 Å². The van der Waals surface area contributed by atoms with Crippen LogP contribution in [0, 0.1) is 0 Å². The highest BCUT2D eigenvalue weighted by molar-refractivity contribution is 5.85. The first-order valence-corrected chi connectivity index (χ1v) is 7.55. The number of carbonyl (C=O) groups is 1. The van der Waals surface area contributed by atoms with Gasteiger partial charge in [-0.3, -0.25) is 14.7 Å². The van der Waals surface area contributed by atoms with Gasteiger partial charge in [0.2, 0.25) is 0 Å². The summed E-state index contributed by atoms with van der Waals surface area (Å²) in [6.07, 6.45) is 9.07. The summed E-state index contributed by atoms with van der Waals surface area (Å²) < 4.78 is 0. The van der Waals surface area contributed by atoms with Crippen LogP contribution < -0.4 is 5.32 Å². The molecule has 3 aliphatic rings. The first kappa shape index (κ1) is 14.4. The number of likely N-dealkylation sites (tertiary alicyclic amines) is 1. The third-order valence-corrected chi connectivity index (χ3v) is 4.40. The zero-order chi connectivity index (χ0) is 15.1. The summed E-state index contributed by atoms with van der Waals surface area (Å²) in [6.45, 7) is 4.88. The fraction of sp³-hybridized carbons (Fsp3) is 0.562. The highest BCUT2D eigenvalue weighted by Gasteiger charge is 2.42. The van der Waals surface area contributed by atoms with Crippen molar-refractivity contribution in [3.63, 3.8) is 0 Å². The monoisotopic (exact) mass is 288 g/mol. The molecule has 0 aromatic carbocycles. The Kier molecular flexibility index (Phi) is 3.63. The van der Waals surface area contributed by atoms with E-state index in [9.17, 15) is 4.79 Å². The molecule has 0 saturated carbocycles. The maximum absolute atomic E-state index is 12.1. The van der Waals surface area contributed by atoms with Gasteiger partial charge in [0.05, 0.1) is 12.6 Å². The lowest BCUT2D eigenvalue weighted by Crippen LogP contribution is -2.60. The molecule has 2 atom stereocenters. The molecule has 3 heterocycles. The fourth-order valence-electron chi connectivity index (χ4n) is 3.44. The van der Waals surface area contributed by atoms with Crippen LogP contribution in [0.1, 0.15) is 20.3 Å². The number of Topliss-reactive ketones (excluding diaryl/α,β-unsaturated/α-hetero) is 1. The van der Waals surface area contributed by atoms with E-state index >= 15 is 0 Å². The molecule has 5 nitrogen and oxygen atoms in total. The van der Waals surface area contributed by atoms with Crippen LogP contribution in [0.25, 0.3) is 0 Å². The molecule has 0 spiro atoms. The second kappa shape index (κ2) is 5.31. The largest absolute Gasteiger partial charge is 0.367 e. The smallest absolute Gasteiger partial charge is 0.151 e. The third-order valence-electron chi connectivity index (χ3n) is 4.40. The first-order chi connectivity index (χ1) is 9.99. The van der Waals surface area contributed by atoms with E-state index in [4.69, 9.17) is 0 Å². The van der Waals surface area contributed by atoms with E-state index in [1.54, 1.807) is 0 Å². The van der Waals surface area contributed by atoms with Gasteiger partial charge in [-0.05, 0) is 37.3 Å². The van der Waals surface area contributed by atoms with Gasteiger partial charge in [-0.25, -0.2) is 5.01 Å². The van der Waals surface area contributed by atoms with Crippen molar-refractivity contribution in [1.82, 2.24) is 20.2 Å². The van der Waals surface area contributed by atoms with E-state index < -0.39 is 0 Å². The molecule has 1 saturated heterocycles. The van der Waals surface area contributed by atoms with E-state index in [-0.39, 0.29) is 12.2 Å². The van der Waals surface area contributed by atoms with Crippen molar-refractivity contribution in [2.45, 2.75) is 38.5 Å². The predicted octanol–water partition coefficient (Wildman–Crippen LogP) is 1.08. The van der Waals surface area contributed by atoms with E-state index in [1.807, 2.05) is 20.3 Å². The van der Waals surface area contributed by atoms with Gasteiger partial charge in [0.1, 0.15) is 6.17 Å². The summed E-state index contributed by atoms with van der Waals surface area (Å²) >= 11 is 0. The van der Waals surface area contributed by atoms with Crippen LogP contribution in [0.2, 0.25) is 0 Å². The number of fused-ring (bicyclic) bond motifs is 3. The fourth-order valence-corrected chi connectivity index (χ4v) is 3.44. The summed E-state index contributed by atoms with van der Waals surface area (Å²) in [6, 6.07) is 0.586. The zero-order valence-electron chi connectivity index (χ0n) is 13.2. The molecule has 0 bridgehead atoms. The minimum atomic E-state index is 0.133. The molecule has 0 aromatic rings. The van der Waals surface area contributed by atoms with Gasteiger partial charge in [-0.15, -0.1) is 0 Å². The summed E-state index contributed by atoms with van der Waals surface area (Å²) in [4.78, 5) is 14.4. The van der Waals surface area contributed by atoms with Gasteiger partial charge in [0.15, 0.2) is 5.78 Å². The van der Waals surface area contributed by atoms with Crippen molar-refractivity contribution >= 4 is 5.78 Å². The number of hydrogen-bond acceptors (Lipinski definition) is 5. The van der Waals surface area contributed by atoms with Crippen molar-refractivity contribution < 1.29 is 4.79 Å². The molecule has 1 N–H and O–H groups in total. The Morgan fingerprint density at radius 2 is 2.14 bits per heavy atom. The van der Waals surface area contributed by atoms with Crippen LogP contribution in [0.4, 0.5) is 0 Å². The van der Waals surface area contributed by atoms with E-state index in [2.05, 4.69) is 52.4 Å². The van der Waals surface area contributed by atoms with Crippen molar-refractivity contribution in [2.24, 2.45) is 0 Å². The van der Waals surface area contributed by atoms with Crippen molar-refractivity contribution in [1.29, 1.82) is 0 Å². The Bertz CT molecular complexity index is 532. The number of allylic oxidation sites excluding steroid dienone is 2. The molecule has 0 aliphatic carbocycles. The first-order valence-electron chi connectivity index (χ1n) is 7.55. The SMILES string of the molecule is CC(C)N1CC(=O)CC2=CN(N(C)C)C3NC=CC=C3C21. The van der Waals surface area contributed by atoms with E-state index in [0.717, 1.165) is 0 Å². The number of piperidine rings is 1. The van der Waals surface area contributed by atoms with E-state index in [1.165, 1.54) is 11.1 Å². The Balaban J connectivity index is 2.06. The predicted molar refractivity (Wildman–Crippen MR) is 83.0 cm³/mol. The molecular formula is C16H24N4O. The molecule has 1 fully saturated rings. The molecule has 2 unspecified atom stereocenters. The molecular weight excluding hydrogens is 264 g/mol. The number of carbonyl (C=O) groups excluding carboxylic acids is 1. The molecule has 5 heteroatoms. The second-order valence-corrected chi connectivity index (χ2v) is 6.41. The summed E-state index contributed by atoms with van der Waals surface area (Å²) in [5.41, 5.74) is 2.53. The lowest BCUT2D eigenvalue weighted by molar-refractivity contribution is -0.122. The van der Waals surface area contributed by atoms with Crippen LogP contribution in [-0.2, 0) is 4.79 Å². The normalized spacial score (nSPS) is 29.0. The lowest BCUT2D eigenvalue weighted by atomic mass is 9.84. The molecule has 3 rings (SSSR count). The minimum absolute atomic E-state index is 0.133. The average molecular weight is 288 g/mol. The highest BCUT2D eigenvalue weighted by Crippen LogP contribution is 2.36. The Morgan fingerprint density at radius 3 is 2.81 bits per heavy atom. The number of hydrazine groups is 1. The standard InChI is InChI=1S/C16H24N4O/c1-11(2)19-10-13(21)8-12-9-20(18(3)4)16-14(15(12)19)6-5-7-17-16/h5-7,9,11,15-17H,8,10H2,1-4H3. The molecule has 0 aromatic heterocycles. The van der Waals surface area contributed by atoms with Gasteiger partial charge in [0.25, 0.3) is 0 Å². The Morgan fingerprint density at radius 1 is 1.38 bits per heavy atom. The molecule has 114 valence electrons. The van der Waals surface area contributed by atoms with Crippen LogP contribution in [0.5, 0.6) is 0 Å². The van der Waals surface area contributed by atoms with Gasteiger partial charge in [-0.1, -0.05) is 6.08 Å². The quantitative estimate of drug-likeness (QED) is 0.823.